The number of ether oxygens (including phenoxy) is 5. The van der Waals surface area contributed by atoms with E-state index in [2.05, 4.69) is 110 Å². The van der Waals surface area contributed by atoms with Gasteiger partial charge < -0.3 is 53.9 Å². The lowest BCUT2D eigenvalue weighted by Gasteiger charge is -2.51. The predicted octanol–water partition coefficient (Wildman–Crippen LogP) is 7.59. The molecule has 4 fully saturated rings. The van der Waals surface area contributed by atoms with Crippen LogP contribution in [0.4, 0.5) is 0 Å². The Morgan fingerprint density at radius 1 is 0.800 bits per heavy atom. The van der Waals surface area contributed by atoms with Crippen molar-refractivity contribution >= 4 is 35.1 Å². The Morgan fingerprint density at radius 3 is 1.91 bits per heavy atom. The van der Waals surface area contributed by atoms with Gasteiger partial charge in [0.2, 0.25) is 5.91 Å². The van der Waals surface area contributed by atoms with Crippen molar-refractivity contribution in [1.82, 2.24) is 14.7 Å². The molecule has 3 aromatic carbocycles. The van der Waals surface area contributed by atoms with E-state index >= 15 is 4.79 Å². The van der Waals surface area contributed by atoms with Crippen LogP contribution in [-0.4, -0.2) is 179 Å². The van der Waals surface area contributed by atoms with Gasteiger partial charge in [-0.15, -0.1) is 0 Å². The number of fused-ring (bicyclic) bond motifs is 1. The van der Waals surface area contributed by atoms with Gasteiger partial charge in [-0.25, -0.2) is 0 Å². The molecule has 1 saturated carbocycles. The summed E-state index contributed by atoms with van der Waals surface area (Å²) in [6, 6.07) is 31.7. The van der Waals surface area contributed by atoms with Crippen molar-refractivity contribution in [2.75, 3.05) is 54.0 Å². The Hall–Kier alpha value is -3.37. The van der Waals surface area contributed by atoms with Gasteiger partial charge in [-0.2, -0.15) is 0 Å². The zero-order chi connectivity index (χ0) is 58.5. The van der Waals surface area contributed by atoms with Crippen molar-refractivity contribution in [3.8, 4) is 0 Å². The van der Waals surface area contributed by atoms with E-state index in [-0.39, 0.29) is 42.9 Å². The Morgan fingerprint density at radius 2 is 1.38 bits per heavy atom. The highest BCUT2D eigenvalue weighted by molar-refractivity contribution is 7.95. The standard InChI is InChI=1S/C65H101N3O11P/c1-15-65-42-62(65,8)57(71)47(6)68(35-27-19-26-34-54(69)67(13)36-37-80(49-28-20-16-21-29-49,50-30-22-17-23-31-50)51-32-24-18-25-33-51)41-43(2)39-63(9,74)59(78-61-56(70)52(66(11)12)38-44(3)76-61)45(4)55(46(5)60(73)79-65)53-40-64(10,75-14)58(72)48(7)77-53/h16-18,20-25,28-33,43-48,52-53,55-59,61,70-72,74H,15,19,26-27,34-42H2,1-14H3/q+1/t43-,44-,45+,46-,47-,48+,52+,53?,55+,56-,57-,58+,59-,61+,62+,63-,64-,65-/m1/s1. The normalized spacial score (nSPS) is 37.7. The Balaban J connectivity index is 1.12. The van der Waals surface area contributed by atoms with Gasteiger partial charge in [0.15, 0.2) is 6.29 Å². The lowest BCUT2D eigenvalue weighted by molar-refractivity contribution is -0.302. The van der Waals surface area contributed by atoms with Gasteiger partial charge in [0, 0.05) is 57.0 Å². The average molecular weight is 1130 g/mol. The molecule has 3 aromatic rings. The first-order valence-electron chi connectivity index (χ1n) is 30.0. The van der Waals surface area contributed by atoms with Crippen LogP contribution in [0.5, 0.6) is 0 Å². The van der Waals surface area contributed by atoms with Crippen LogP contribution in [0.1, 0.15) is 127 Å². The maximum absolute atomic E-state index is 15.0. The molecule has 15 heteroatoms. The number of amides is 1. The Bertz CT molecular complexity index is 2340. The third kappa shape index (κ3) is 13.6. The number of nitrogens with zero attached hydrogens (tertiary/aromatic N) is 3. The van der Waals surface area contributed by atoms with Gasteiger partial charge in [0.25, 0.3) is 0 Å². The van der Waals surface area contributed by atoms with E-state index in [0.29, 0.717) is 51.7 Å². The fourth-order valence-electron chi connectivity index (χ4n) is 14.7. The van der Waals surface area contributed by atoms with Crippen molar-refractivity contribution < 1.29 is 53.7 Å². The number of hydrogen-bond acceptors (Lipinski definition) is 13. The zero-order valence-electron chi connectivity index (χ0n) is 50.9. The number of aliphatic hydroxyl groups is 4. The minimum Gasteiger partial charge on any atom is -0.458 e. The van der Waals surface area contributed by atoms with Gasteiger partial charge in [0.1, 0.15) is 41.0 Å². The highest BCUT2D eigenvalue weighted by atomic mass is 31.2. The van der Waals surface area contributed by atoms with Crippen LogP contribution < -0.4 is 15.9 Å². The summed E-state index contributed by atoms with van der Waals surface area (Å²) in [6.45, 7) is 21.2. The van der Waals surface area contributed by atoms with E-state index in [1.807, 2.05) is 72.5 Å². The first-order chi connectivity index (χ1) is 37.8. The topological polar surface area (TPSA) is 171 Å². The van der Waals surface area contributed by atoms with Crippen LogP contribution in [0.2, 0.25) is 0 Å². The number of carbonyl (C=O) groups is 2. The second-order valence-corrected chi connectivity index (χ2v) is 29.4. The lowest BCUT2D eigenvalue weighted by atomic mass is 9.68. The number of rotatable bonds is 18. The first-order valence-corrected chi connectivity index (χ1v) is 32.0. The van der Waals surface area contributed by atoms with E-state index in [1.54, 1.807) is 21.0 Å². The molecule has 1 unspecified atom stereocenters. The molecule has 4 N–H and O–H groups in total. The molecule has 0 spiro atoms. The third-order valence-corrected chi connectivity index (χ3v) is 24.1. The number of unbranched alkanes of at least 4 members (excludes halogenated alkanes) is 2. The molecule has 0 aromatic heterocycles. The molecule has 3 aliphatic heterocycles. The monoisotopic (exact) mass is 1130 g/mol. The molecule has 0 bridgehead atoms. The fraction of sp³-hybridized carbons (Fsp3) is 0.692. The molecule has 1 aliphatic carbocycles. The molecule has 18 atom stereocenters. The van der Waals surface area contributed by atoms with Crippen LogP contribution in [0.15, 0.2) is 91.0 Å². The lowest BCUT2D eigenvalue weighted by Crippen LogP contribution is -2.61. The van der Waals surface area contributed by atoms with E-state index < -0.39 is 96.1 Å². The Kier molecular flexibility index (Phi) is 21.4. The van der Waals surface area contributed by atoms with E-state index in [0.717, 1.165) is 19.0 Å². The van der Waals surface area contributed by atoms with Gasteiger partial charge >= 0.3 is 5.97 Å². The molecule has 4 aliphatic rings. The molecule has 446 valence electrons. The summed E-state index contributed by atoms with van der Waals surface area (Å²) in [5, 5.41) is 53.0. The minimum atomic E-state index is -2.11. The number of hydrogen-bond donors (Lipinski definition) is 4. The van der Waals surface area contributed by atoms with E-state index in [4.69, 9.17) is 23.7 Å². The van der Waals surface area contributed by atoms with Gasteiger partial charge in [0.05, 0.1) is 60.3 Å². The van der Waals surface area contributed by atoms with Crippen molar-refractivity contribution in [2.24, 2.45) is 29.1 Å². The smallest absolute Gasteiger partial charge is 0.309 e. The summed E-state index contributed by atoms with van der Waals surface area (Å²) in [7, 11) is 5.24. The highest BCUT2D eigenvalue weighted by Gasteiger charge is 2.71. The number of aliphatic hydroxyl groups excluding tert-OH is 3. The average Bonchev–Trinajstić information content (AvgIpc) is 4.27. The molecule has 14 nitrogen and oxygen atoms in total. The molecule has 7 rings (SSSR count). The summed E-state index contributed by atoms with van der Waals surface area (Å²) in [4.78, 5) is 35.3. The first kappa shape index (κ1) is 64.2. The van der Waals surface area contributed by atoms with Gasteiger partial charge in [-0.1, -0.05) is 95.6 Å². The largest absolute Gasteiger partial charge is 0.458 e. The SMILES string of the molecule is CC[C@@]12C[C@@]1(C)[C@H](O)[C@@H](C)N(CCCCCC(=O)N(C)CC[P+](c1ccccc1)(c1ccccc1)c1ccccc1)C[C@H](C)C[C@@](C)(O)[C@H](O[C@@H]1O[C@H](C)C[C@H](N(C)C)[C@H]1O)[C@@H](C)[C@H](C1C[C@@](C)(OC)[C@@H](O)[C@H](C)O1)[C@@H](C)C(=O)O2. The van der Waals surface area contributed by atoms with Crippen LogP contribution in [0, 0.1) is 29.1 Å². The summed E-state index contributed by atoms with van der Waals surface area (Å²) in [5.74, 6) is -2.48. The molecule has 80 heavy (non-hydrogen) atoms. The summed E-state index contributed by atoms with van der Waals surface area (Å²) < 4.78 is 32.9. The molecular weight excluding hydrogens is 1030 g/mol. The fourth-order valence-corrected chi connectivity index (χ4v) is 19.0. The second kappa shape index (κ2) is 26.7. The van der Waals surface area contributed by atoms with E-state index in [1.165, 1.54) is 15.9 Å². The van der Waals surface area contributed by atoms with Crippen molar-refractivity contribution in [1.29, 1.82) is 0 Å². The summed E-state index contributed by atoms with van der Waals surface area (Å²) in [6.07, 6.45) is -0.802. The summed E-state index contributed by atoms with van der Waals surface area (Å²) in [5.41, 5.74) is -4.22. The number of carbonyl (C=O) groups excluding carboxylic acids is 2. The van der Waals surface area contributed by atoms with Crippen molar-refractivity contribution in [3.05, 3.63) is 91.0 Å². The van der Waals surface area contributed by atoms with Crippen molar-refractivity contribution in [3.63, 3.8) is 0 Å². The number of methoxy groups -OCH3 is 1. The molecule has 3 heterocycles. The van der Waals surface area contributed by atoms with Crippen molar-refractivity contribution in [2.45, 2.75) is 205 Å². The zero-order valence-corrected chi connectivity index (χ0v) is 51.8. The van der Waals surface area contributed by atoms with Crippen LogP contribution in [-0.2, 0) is 33.3 Å². The Labute approximate surface area is 480 Å². The molecule has 3 saturated heterocycles. The van der Waals surface area contributed by atoms with Crippen LogP contribution in [0.3, 0.4) is 0 Å². The maximum Gasteiger partial charge on any atom is 0.309 e. The minimum absolute atomic E-state index is 0.119. The maximum atomic E-state index is 15.0. The number of likely N-dealkylation sites (N-methyl/N-ethyl adjacent to an activating group) is 1. The highest BCUT2D eigenvalue weighted by Crippen LogP contribution is 2.64. The third-order valence-electron chi connectivity index (χ3n) is 19.7. The van der Waals surface area contributed by atoms with E-state index in [9.17, 15) is 25.2 Å². The second-order valence-electron chi connectivity index (χ2n) is 25.8. The quantitative estimate of drug-likeness (QED) is 0.0559. The number of esters is 1. The van der Waals surface area contributed by atoms with Crippen LogP contribution >= 0.6 is 7.26 Å². The molecular formula is C65H101N3O11P+. The van der Waals surface area contributed by atoms with Gasteiger partial charge in [-0.3, -0.25) is 14.5 Å². The summed E-state index contributed by atoms with van der Waals surface area (Å²) >= 11 is 0. The number of benzene rings is 3. The van der Waals surface area contributed by atoms with Gasteiger partial charge in [-0.05, 0) is 142 Å². The van der Waals surface area contributed by atoms with Crippen LogP contribution in [0.25, 0.3) is 0 Å². The molecule has 0 radical (unpaired) electrons. The molecule has 1 amide bonds. The predicted molar refractivity (Wildman–Crippen MR) is 319 cm³/mol.